The van der Waals surface area contributed by atoms with E-state index >= 15 is 0 Å². The smallest absolute Gasteiger partial charge is 0.123 e. The third-order valence-electron chi connectivity index (χ3n) is 3.72. The van der Waals surface area contributed by atoms with Crippen LogP contribution < -0.4 is 5.32 Å². The van der Waals surface area contributed by atoms with Gasteiger partial charge in [-0.25, -0.2) is 4.39 Å². The number of benzene rings is 2. The van der Waals surface area contributed by atoms with E-state index in [0.29, 0.717) is 12.0 Å². The Morgan fingerprint density at radius 3 is 2.56 bits per heavy atom. The van der Waals surface area contributed by atoms with Crippen molar-refractivity contribution >= 4 is 5.69 Å². The van der Waals surface area contributed by atoms with Gasteiger partial charge in [0.25, 0.3) is 0 Å². The average Bonchev–Trinajstić information content (AvgIpc) is 2.69. The summed E-state index contributed by atoms with van der Waals surface area (Å²) in [6, 6.07) is 15.7. The minimum atomic E-state index is -0.170. The molecule has 0 saturated heterocycles. The molecule has 1 N–H and O–H groups in total. The van der Waals surface area contributed by atoms with Crippen LogP contribution in [-0.4, -0.2) is 6.04 Å². The lowest BCUT2D eigenvalue weighted by atomic mass is 9.89. The van der Waals surface area contributed by atoms with Gasteiger partial charge in [0.1, 0.15) is 5.82 Å². The fourth-order valence-corrected chi connectivity index (χ4v) is 2.73. The summed E-state index contributed by atoms with van der Waals surface area (Å²) >= 11 is 0. The molecule has 0 amide bonds. The first-order valence-electron chi connectivity index (χ1n) is 6.34. The lowest BCUT2D eigenvalue weighted by Crippen LogP contribution is -2.17. The van der Waals surface area contributed by atoms with Crippen molar-refractivity contribution in [3.63, 3.8) is 0 Å². The number of fused-ring (bicyclic) bond motifs is 1. The highest BCUT2D eigenvalue weighted by atomic mass is 19.1. The second-order valence-electron chi connectivity index (χ2n) is 4.96. The number of rotatable bonds is 2. The van der Waals surface area contributed by atoms with Gasteiger partial charge in [-0.15, -0.1) is 0 Å². The van der Waals surface area contributed by atoms with Gasteiger partial charge in [-0.2, -0.15) is 0 Å². The molecular weight excluding hydrogens is 225 g/mol. The van der Waals surface area contributed by atoms with Crippen molar-refractivity contribution in [2.24, 2.45) is 0 Å². The summed E-state index contributed by atoms with van der Waals surface area (Å²) in [5.74, 6) is 0.295. The number of para-hydroxylation sites is 1. The van der Waals surface area contributed by atoms with E-state index in [9.17, 15) is 4.39 Å². The highest BCUT2D eigenvalue weighted by Crippen LogP contribution is 2.37. The van der Waals surface area contributed by atoms with Gasteiger partial charge >= 0.3 is 0 Å². The van der Waals surface area contributed by atoms with E-state index < -0.39 is 0 Å². The molecule has 1 heterocycles. The SMILES string of the molecule is CC1Nc2ccccc2C1Cc1ccc(F)cc1. The van der Waals surface area contributed by atoms with Gasteiger partial charge in [0.15, 0.2) is 0 Å². The molecule has 1 aliphatic heterocycles. The predicted octanol–water partition coefficient (Wildman–Crippen LogP) is 3.97. The van der Waals surface area contributed by atoms with Crippen LogP contribution in [0.25, 0.3) is 0 Å². The summed E-state index contributed by atoms with van der Waals surface area (Å²) < 4.78 is 12.9. The molecule has 2 aromatic rings. The number of anilines is 1. The van der Waals surface area contributed by atoms with Gasteiger partial charge in [0, 0.05) is 17.6 Å². The van der Waals surface area contributed by atoms with Crippen LogP contribution in [0.2, 0.25) is 0 Å². The maximum atomic E-state index is 12.9. The van der Waals surface area contributed by atoms with Crippen LogP contribution in [0.1, 0.15) is 24.0 Å². The molecule has 0 fully saturated rings. The standard InChI is InChI=1S/C16H16FN/c1-11-15(10-12-6-8-13(17)9-7-12)14-4-2-3-5-16(14)18-11/h2-9,11,15,18H,10H2,1H3. The van der Waals surface area contributed by atoms with Crippen molar-refractivity contribution in [1.29, 1.82) is 0 Å². The second-order valence-corrected chi connectivity index (χ2v) is 4.96. The Morgan fingerprint density at radius 2 is 1.78 bits per heavy atom. The topological polar surface area (TPSA) is 12.0 Å². The number of hydrogen-bond donors (Lipinski definition) is 1. The molecule has 1 aliphatic rings. The van der Waals surface area contributed by atoms with E-state index in [1.807, 2.05) is 12.1 Å². The maximum absolute atomic E-state index is 12.9. The Balaban J connectivity index is 1.87. The molecule has 2 atom stereocenters. The van der Waals surface area contributed by atoms with E-state index in [1.54, 1.807) is 0 Å². The molecule has 0 saturated carbocycles. The van der Waals surface area contributed by atoms with E-state index in [1.165, 1.54) is 28.9 Å². The second kappa shape index (κ2) is 4.45. The zero-order chi connectivity index (χ0) is 12.5. The van der Waals surface area contributed by atoms with Gasteiger partial charge in [-0.1, -0.05) is 30.3 Å². The van der Waals surface area contributed by atoms with Gasteiger partial charge in [-0.3, -0.25) is 0 Å². The Labute approximate surface area is 107 Å². The van der Waals surface area contributed by atoms with Crippen LogP contribution in [0.4, 0.5) is 10.1 Å². The van der Waals surface area contributed by atoms with E-state index in [-0.39, 0.29) is 5.82 Å². The van der Waals surface area contributed by atoms with E-state index in [4.69, 9.17) is 0 Å². The van der Waals surface area contributed by atoms with Gasteiger partial charge in [0.2, 0.25) is 0 Å². The number of hydrogen-bond acceptors (Lipinski definition) is 1. The average molecular weight is 241 g/mol. The Hall–Kier alpha value is -1.83. The minimum absolute atomic E-state index is 0.170. The first kappa shape index (κ1) is 11.3. The monoisotopic (exact) mass is 241 g/mol. The fourth-order valence-electron chi connectivity index (χ4n) is 2.73. The Morgan fingerprint density at radius 1 is 1.06 bits per heavy atom. The Bertz CT molecular complexity index is 547. The van der Waals surface area contributed by atoms with Crippen molar-refractivity contribution in [2.75, 3.05) is 5.32 Å². The van der Waals surface area contributed by atoms with E-state index in [2.05, 4.69) is 36.5 Å². The minimum Gasteiger partial charge on any atom is -0.382 e. The van der Waals surface area contributed by atoms with E-state index in [0.717, 1.165) is 6.42 Å². The van der Waals surface area contributed by atoms with Crippen molar-refractivity contribution < 1.29 is 4.39 Å². The highest BCUT2D eigenvalue weighted by molar-refractivity contribution is 5.59. The molecule has 1 nitrogen and oxygen atoms in total. The summed E-state index contributed by atoms with van der Waals surface area (Å²) in [4.78, 5) is 0. The maximum Gasteiger partial charge on any atom is 0.123 e. The van der Waals surface area contributed by atoms with Gasteiger partial charge in [-0.05, 0) is 42.7 Å². The molecule has 18 heavy (non-hydrogen) atoms. The summed E-state index contributed by atoms with van der Waals surface area (Å²) in [5.41, 5.74) is 3.79. The van der Waals surface area contributed by atoms with Crippen molar-refractivity contribution in [3.05, 3.63) is 65.5 Å². The van der Waals surface area contributed by atoms with Crippen LogP contribution in [0, 0.1) is 5.82 Å². The zero-order valence-electron chi connectivity index (χ0n) is 10.4. The lowest BCUT2D eigenvalue weighted by Gasteiger charge is -2.16. The Kier molecular flexibility index (Phi) is 2.78. The summed E-state index contributed by atoms with van der Waals surface area (Å²) in [5, 5.41) is 3.50. The molecule has 0 bridgehead atoms. The predicted molar refractivity (Wildman–Crippen MR) is 72.4 cm³/mol. The molecule has 2 heteroatoms. The molecular formula is C16H16FN. The van der Waals surface area contributed by atoms with Crippen LogP contribution >= 0.6 is 0 Å². The van der Waals surface area contributed by atoms with Crippen LogP contribution in [0.3, 0.4) is 0 Å². The molecule has 0 aliphatic carbocycles. The van der Waals surface area contributed by atoms with Gasteiger partial charge < -0.3 is 5.32 Å². The zero-order valence-corrected chi connectivity index (χ0v) is 10.4. The lowest BCUT2D eigenvalue weighted by molar-refractivity contribution is 0.617. The number of halogens is 1. The summed E-state index contributed by atoms with van der Waals surface area (Å²) in [7, 11) is 0. The number of nitrogens with one attached hydrogen (secondary N) is 1. The molecule has 3 rings (SSSR count). The molecule has 2 aromatic carbocycles. The highest BCUT2D eigenvalue weighted by Gasteiger charge is 2.28. The quantitative estimate of drug-likeness (QED) is 0.839. The molecule has 0 aromatic heterocycles. The normalized spacial score (nSPS) is 21.4. The van der Waals surface area contributed by atoms with Crippen LogP contribution in [-0.2, 0) is 6.42 Å². The molecule has 92 valence electrons. The summed E-state index contributed by atoms with van der Waals surface area (Å²) in [6.45, 7) is 2.20. The first-order valence-corrected chi connectivity index (χ1v) is 6.34. The van der Waals surface area contributed by atoms with Crippen molar-refractivity contribution in [3.8, 4) is 0 Å². The van der Waals surface area contributed by atoms with Crippen LogP contribution in [0.5, 0.6) is 0 Å². The van der Waals surface area contributed by atoms with Crippen LogP contribution in [0.15, 0.2) is 48.5 Å². The first-order chi connectivity index (χ1) is 8.74. The third kappa shape index (κ3) is 1.99. The van der Waals surface area contributed by atoms with Crippen molar-refractivity contribution in [1.82, 2.24) is 0 Å². The van der Waals surface area contributed by atoms with Crippen molar-refractivity contribution in [2.45, 2.75) is 25.3 Å². The third-order valence-corrected chi connectivity index (χ3v) is 3.72. The molecule has 0 radical (unpaired) electrons. The molecule has 2 unspecified atom stereocenters. The fraction of sp³-hybridized carbons (Fsp3) is 0.250. The summed E-state index contributed by atoms with van der Waals surface area (Å²) in [6.07, 6.45) is 0.950. The largest absolute Gasteiger partial charge is 0.382 e. The molecule has 0 spiro atoms. The van der Waals surface area contributed by atoms with Gasteiger partial charge in [0.05, 0.1) is 0 Å².